The lowest BCUT2D eigenvalue weighted by Crippen LogP contribution is -2.21. The number of aliphatic hydroxyl groups is 1. The number of benzene rings is 2. The fourth-order valence-electron chi connectivity index (χ4n) is 5.50. The summed E-state index contributed by atoms with van der Waals surface area (Å²) in [4.78, 5) is 15.4. The summed E-state index contributed by atoms with van der Waals surface area (Å²) in [7, 11) is 0. The molecule has 0 saturated heterocycles. The number of carboxylic acid groups (broad SMARTS) is 1. The van der Waals surface area contributed by atoms with Crippen LogP contribution in [0.4, 0.5) is 26.3 Å². The molecule has 6 nitrogen and oxygen atoms in total. The van der Waals surface area contributed by atoms with Crippen LogP contribution < -0.4 is 9.47 Å². The van der Waals surface area contributed by atoms with E-state index in [1.807, 2.05) is 0 Å². The van der Waals surface area contributed by atoms with E-state index in [2.05, 4.69) is 4.98 Å². The molecule has 2 aliphatic rings. The van der Waals surface area contributed by atoms with E-state index in [0.29, 0.717) is 6.42 Å². The van der Waals surface area contributed by atoms with Crippen molar-refractivity contribution in [3.63, 3.8) is 0 Å². The van der Waals surface area contributed by atoms with Gasteiger partial charge >= 0.3 is 12.1 Å². The number of fused-ring (bicyclic) bond motifs is 3. The second kappa shape index (κ2) is 10.8. The van der Waals surface area contributed by atoms with Gasteiger partial charge in [-0.3, -0.25) is 4.79 Å². The lowest BCUT2D eigenvalue weighted by atomic mass is 9.93. The SMILES string of the molecule is CC(C)(O)CCOc1ccc(-c2cc(COc3cc4c(cn3)[C@H]3[C@@H](C4)[C@@H]3C(=O)O)c(F)cc2C(F)(F)F)c(C(F)F)c1. The van der Waals surface area contributed by atoms with Gasteiger partial charge in [0.05, 0.1) is 23.7 Å². The summed E-state index contributed by atoms with van der Waals surface area (Å²) >= 11 is 0. The summed E-state index contributed by atoms with van der Waals surface area (Å²) in [6.07, 6.45) is -6.03. The Hall–Kier alpha value is -3.80. The summed E-state index contributed by atoms with van der Waals surface area (Å²) in [6, 6.07) is 5.92. The van der Waals surface area contributed by atoms with Crippen LogP contribution in [0.25, 0.3) is 11.1 Å². The third-order valence-electron chi connectivity index (χ3n) is 7.67. The second-order valence-electron chi connectivity index (χ2n) is 11.2. The monoisotopic (exact) mass is 595 g/mol. The molecular weight excluding hydrogens is 568 g/mol. The zero-order valence-electron chi connectivity index (χ0n) is 22.5. The van der Waals surface area contributed by atoms with Crippen molar-refractivity contribution in [3.05, 3.63) is 76.2 Å². The van der Waals surface area contributed by atoms with Crippen molar-refractivity contribution in [2.45, 2.75) is 57.4 Å². The van der Waals surface area contributed by atoms with Gasteiger partial charge in [0.15, 0.2) is 0 Å². The van der Waals surface area contributed by atoms with E-state index < -0.39 is 64.8 Å². The first-order valence-corrected chi connectivity index (χ1v) is 13.2. The minimum absolute atomic E-state index is 0.0183. The number of carboxylic acids is 1. The van der Waals surface area contributed by atoms with E-state index in [-0.39, 0.29) is 48.1 Å². The molecule has 1 fully saturated rings. The molecule has 0 radical (unpaired) electrons. The van der Waals surface area contributed by atoms with Gasteiger partial charge in [-0.05, 0) is 72.7 Å². The van der Waals surface area contributed by atoms with Crippen molar-refractivity contribution >= 4 is 5.97 Å². The van der Waals surface area contributed by atoms with Gasteiger partial charge < -0.3 is 19.7 Å². The zero-order valence-corrected chi connectivity index (χ0v) is 22.5. The molecule has 1 heterocycles. The Bertz CT molecular complexity index is 1520. The molecule has 3 aromatic rings. The molecule has 0 aliphatic heterocycles. The number of hydrogen-bond donors (Lipinski definition) is 2. The topological polar surface area (TPSA) is 88.9 Å². The van der Waals surface area contributed by atoms with E-state index in [9.17, 15) is 41.4 Å². The number of pyridine rings is 1. The highest BCUT2D eigenvalue weighted by Crippen LogP contribution is 2.61. The molecular formula is C30H27F6NO5. The van der Waals surface area contributed by atoms with Gasteiger partial charge in [-0.2, -0.15) is 13.2 Å². The molecule has 2 aliphatic carbocycles. The minimum atomic E-state index is -5.05. The smallest absolute Gasteiger partial charge is 0.417 e. The molecule has 224 valence electrons. The highest BCUT2D eigenvalue weighted by atomic mass is 19.4. The molecule has 2 N–H and O–H groups in total. The van der Waals surface area contributed by atoms with Crippen molar-refractivity contribution < 1.29 is 50.8 Å². The minimum Gasteiger partial charge on any atom is -0.493 e. The van der Waals surface area contributed by atoms with Crippen LogP contribution in [-0.2, 0) is 24.0 Å². The Balaban J connectivity index is 1.42. The maximum atomic E-state index is 14.9. The van der Waals surface area contributed by atoms with Crippen LogP contribution in [0.1, 0.15) is 60.4 Å². The van der Waals surface area contributed by atoms with Crippen LogP contribution in [0, 0.1) is 17.7 Å². The molecule has 0 amide bonds. The largest absolute Gasteiger partial charge is 0.493 e. The number of alkyl halides is 5. The van der Waals surface area contributed by atoms with Gasteiger partial charge in [-0.25, -0.2) is 18.2 Å². The Morgan fingerprint density at radius 1 is 1.10 bits per heavy atom. The van der Waals surface area contributed by atoms with Crippen LogP contribution >= 0.6 is 0 Å². The van der Waals surface area contributed by atoms with E-state index in [1.54, 1.807) is 6.07 Å². The summed E-state index contributed by atoms with van der Waals surface area (Å²) < 4.78 is 95.9. The Labute approximate surface area is 236 Å². The quantitative estimate of drug-likeness (QED) is 0.247. The van der Waals surface area contributed by atoms with Crippen molar-refractivity contribution in [3.8, 4) is 22.8 Å². The number of hydrogen-bond acceptors (Lipinski definition) is 5. The van der Waals surface area contributed by atoms with Crippen molar-refractivity contribution in [1.82, 2.24) is 4.98 Å². The Morgan fingerprint density at radius 2 is 1.83 bits per heavy atom. The third-order valence-corrected chi connectivity index (χ3v) is 7.67. The summed E-state index contributed by atoms with van der Waals surface area (Å²) in [5, 5.41) is 19.1. The van der Waals surface area contributed by atoms with Crippen LogP contribution in [0.2, 0.25) is 0 Å². The molecule has 42 heavy (non-hydrogen) atoms. The van der Waals surface area contributed by atoms with Gasteiger partial charge in [0.25, 0.3) is 6.43 Å². The van der Waals surface area contributed by atoms with Gasteiger partial charge in [0, 0.05) is 35.7 Å². The van der Waals surface area contributed by atoms with Crippen molar-refractivity contribution in [1.29, 1.82) is 0 Å². The molecule has 12 heteroatoms. The summed E-state index contributed by atoms with van der Waals surface area (Å²) in [6.45, 7) is 2.53. The first kappa shape index (κ1) is 29.7. The predicted octanol–water partition coefficient (Wildman–Crippen LogP) is 6.93. The highest BCUT2D eigenvalue weighted by molar-refractivity contribution is 5.78. The van der Waals surface area contributed by atoms with Gasteiger partial charge in [-0.1, -0.05) is 6.07 Å². The predicted molar refractivity (Wildman–Crippen MR) is 138 cm³/mol. The van der Waals surface area contributed by atoms with E-state index in [0.717, 1.165) is 29.3 Å². The standard InChI is InChI=1S/C30H27F6NO5/c1-29(2,40)5-6-41-16-3-4-17(19(10-16)27(32)33)18-8-15(23(31)11-22(18)30(34,35)36)13-42-24-9-14-7-20-25(21(14)12-37-24)26(20)28(38)39/h3-4,8-12,20,25-27,40H,5-7,13H2,1-2H3,(H,38,39)/t20-,25-,26+/m1/s1. The maximum Gasteiger partial charge on any atom is 0.417 e. The second-order valence-corrected chi connectivity index (χ2v) is 11.2. The van der Waals surface area contributed by atoms with Crippen molar-refractivity contribution in [2.24, 2.45) is 11.8 Å². The van der Waals surface area contributed by atoms with E-state index in [1.165, 1.54) is 26.1 Å². The summed E-state index contributed by atoms with van der Waals surface area (Å²) in [5.41, 5.74) is -3.00. The normalized spacial score (nSPS) is 19.4. The maximum absolute atomic E-state index is 14.9. The molecule has 0 spiro atoms. The molecule has 5 rings (SSSR count). The van der Waals surface area contributed by atoms with Crippen LogP contribution in [-0.4, -0.2) is 33.4 Å². The zero-order chi connectivity index (χ0) is 30.6. The van der Waals surface area contributed by atoms with Crippen LogP contribution in [0.5, 0.6) is 11.6 Å². The van der Waals surface area contributed by atoms with Crippen molar-refractivity contribution in [2.75, 3.05) is 6.61 Å². The first-order valence-electron chi connectivity index (χ1n) is 13.2. The number of aromatic nitrogens is 1. The number of halogens is 6. The van der Waals surface area contributed by atoms with Gasteiger partial charge in [0.2, 0.25) is 5.88 Å². The van der Waals surface area contributed by atoms with E-state index in [4.69, 9.17) is 9.47 Å². The van der Waals surface area contributed by atoms with Gasteiger partial charge in [0.1, 0.15) is 18.2 Å². The fourth-order valence-corrected chi connectivity index (χ4v) is 5.50. The van der Waals surface area contributed by atoms with Crippen LogP contribution in [0.3, 0.4) is 0 Å². The van der Waals surface area contributed by atoms with E-state index >= 15 is 0 Å². The lowest BCUT2D eigenvalue weighted by molar-refractivity contribution is -0.139. The third kappa shape index (κ3) is 6.04. The number of nitrogens with zero attached hydrogens (tertiary/aromatic N) is 1. The summed E-state index contributed by atoms with van der Waals surface area (Å²) in [5.74, 6) is -2.63. The average molecular weight is 596 g/mol. The number of ether oxygens (including phenoxy) is 2. The fraction of sp³-hybridized carbons (Fsp3) is 0.400. The molecule has 1 aromatic heterocycles. The first-order chi connectivity index (χ1) is 19.6. The number of rotatable bonds is 10. The average Bonchev–Trinajstić information content (AvgIpc) is 3.49. The highest BCUT2D eigenvalue weighted by Gasteiger charge is 2.60. The molecule has 0 unspecified atom stereocenters. The lowest BCUT2D eigenvalue weighted by Gasteiger charge is -2.20. The number of carbonyl (C=O) groups is 1. The van der Waals surface area contributed by atoms with Gasteiger partial charge in [-0.15, -0.1) is 0 Å². The molecule has 3 atom stereocenters. The molecule has 2 aromatic carbocycles. The Morgan fingerprint density at radius 3 is 2.48 bits per heavy atom. The van der Waals surface area contributed by atoms with Crippen LogP contribution in [0.15, 0.2) is 42.6 Å². The number of aliphatic carboxylic acids is 1. The molecule has 1 saturated carbocycles. The Kier molecular flexibility index (Phi) is 7.63. The molecule has 0 bridgehead atoms.